The number of fused-ring (bicyclic) bond motifs is 3. The number of anilines is 1. The standard InChI is InChI=1S/C46H57N8O10PS/c1-29(2)41(55)50-44-49-40-37(42(56)51-44)48-28-52(40)43-38-39(64-65(62-25-24-47-7)54(30(3)4)31(5)6)45(63-43,26-53(38)66(10,57)58)27-61-46(32-14-12-11-13-15-32,33-16-20-35(59-8)21-17-33)34-18-22-36(60-9)23-19-34/h11-23,28-31,38-39,43H,24-27H2,1-6,8-10H3,(H2,49,50,51,55,56)/t38-,39+,43-,45-,65?/m1/s1. The topological polar surface area (TPSA) is 193 Å². The first kappa shape index (κ1) is 48.6. The van der Waals surface area contributed by atoms with Crippen LogP contribution in [0.2, 0.25) is 0 Å². The van der Waals surface area contributed by atoms with Crippen molar-refractivity contribution in [2.24, 2.45) is 5.92 Å². The van der Waals surface area contributed by atoms with Gasteiger partial charge < -0.3 is 32.8 Å². The number of ether oxygens (including phenoxy) is 4. The lowest BCUT2D eigenvalue weighted by Crippen LogP contribution is -2.51. The molecule has 2 aromatic heterocycles. The van der Waals surface area contributed by atoms with Gasteiger partial charge in [0.1, 0.15) is 35.4 Å². The number of nitrogens with one attached hydrogen (secondary N) is 2. The smallest absolute Gasteiger partial charge is 0.280 e. The lowest BCUT2D eigenvalue weighted by Gasteiger charge is -2.42. The summed E-state index contributed by atoms with van der Waals surface area (Å²) in [5, 5.41) is 2.65. The highest BCUT2D eigenvalue weighted by atomic mass is 32.2. The van der Waals surface area contributed by atoms with E-state index in [1.807, 2.05) is 107 Å². The van der Waals surface area contributed by atoms with Crippen molar-refractivity contribution in [3.05, 3.63) is 124 Å². The number of nitrogens with zero attached hydrogens (tertiary/aromatic N) is 6. The van der Waals surface area contributed by atoms with Crippen molar-refractivity contribution >= 4 is 41.6 Å². The molecule has 2 saturated heterocycles. The van der Waals surface area contributed by atoms with Crippen molar-refractivity contribution in [1.82, 2.24) is 28.5 Å². The van der Waals surface area contributed by atoms with Crippen molar-refractivity contribution in [2.75, 3.05) is 52.1 Å². The van der Waals surface area contributed by atoms with Gasteiger partial charge in [0, 0.05) is 24.5 Å². The molecule has 352 valence electrons. The van der Waals surface area contributed by atoms with Gasteiger partial charge in [0.05, 0.1) is 39.5 Å². The number of amides is 1. The molecule has 1 unspecified atom stereocenters. The van der Waals surface area contributed by atoms with Crippen molar-refractivity contribution in [1.29, 1.82) is 0 Å². The van der Waals surface area contributed by atoms with Crippen molar-refractivity contribution in [3.63, 3.8) is 0 Å². The summed E-state index contributed by atoms with van der Waals surface area (Å²) in [6.45, 7) is 18.6. The Morgan fingerprint density at radius 3 is 2.11 bits per heavy atom. The molecule has 3 aromatic carbocycles. The molecule has 0 radical (unpaired) electrons. The first-order valence-electron chi connectivity index (χ1n) is 21.6. The van der Waals surface area contributed by atoms with Crippen LogP contribution in [0.5, 0.6) is 11.5 Å². The zero-order valence-electron chi connectivity index (χ0n) is 38.5. The van der Waals surface area contributed by atoms with Crippen LogP contribution in [0.1, 0.15) is 64.5 Å². The van der Waals surface area contributed by atoms with Crippen LogP contribution in [0.25, 0.3) is 16.0 Å². The van der Waals surface area contributed by atoms with E-state index < -0.39 is 59.6 Å². The molecule has 1 amide bonds. The summed E-state index contributed by atoms with van der Waals surface area (Å²) in [5.41, 5.74) is -1.36. The van der Waals surface area contributed by atoms with Crippen LogP contribution in [0.3, 0.4) is 0 Å². The lowest BCUT2D eigenvalue weighted by atomic mass is 9.79. The monoisotopic (exact) mass is 944 g/mol. The molecular formula is C46H57N8O10PS. The molecule has 20 heteroatoms. The molecular weight excluding hydrogens is 888 g/mol. The number of imidazole rings is 1. The van der Waals surface area contributed by atoms with E-state index in [4.69, 9.17) is 34.6 Å². The number of H-pyrrole nitrogens is 1. The zero-order valence-corrected chi connectivity index (χ0v) is 40.2. The third-order valence-corrected chi connectivity index (χ3v) is 15.0. The molecule has 2 N–H and O–H groups in total. The van der Waals surface area contributed by atoms with Crippen LogP contribution < -0.4 is 20.3 Å². The average molecular weight is 945 g/mol. The molecule has 18 nitrogen and oxygen atoms in total. The molecule has 2 aliphatic heterocycles. The average Bonchev–Trinajstić information content (AvgIpc) is 3.95. The fourth-order valence-electron chi connectivity index (χ4n) is 8.63. The minimum absolute atomic E-state index is 0.0373. The van der Waals surface area contributed by atoms with Gasteiger partial charge in [-0.3, -0.25) is 24.5 Å². The number of carbonyl (C=O) groups excluding carboxylic acids is 1. The van der Waals surface area contributed by atoms with Crippen LogP contribution in [0, 0.1) is 12.5 Å². The first-order chi connectivity index (χ1) is 31.5. The molecule has 2 aliphatic rings. The van der Waals surface area contributed by atoms with Gasteiger partial charge in [-0.15, -0.1) is 0 Å². The Bertz CT molecular complexity index is 2640. The summed E-state index contributed by atoms with van der Waals surface area (Å²) in [4.78, 5) is 41.4. The molecule has 0 saturated carbocycles. The normalized spacial score (nSPS) is 20.4. The van der Waals surface area contributed by atoms with Crippen LogP contribution in [-0.2, 0) is 38.9 Å². The molecule has 4 heterocycles. The Morgan fingerprint density at radius 2 is 1.58 bits per heavy atom. The minimum atomic E-state index is -4.03. The zero-order chi connectivity index (χ0) is 47.6. The fourth-order valence-corrected chi connectivity index (χ4v) is 11.5. The van der Waals surface area contributed by atoms with Crippen LogP contribution >= 0.6 is 8.53 Å². The number of morpholine rings is 1. The second kappa shape index (κ2) is 19.9. The fraction of sp³-hybridized carbons (Fsp3) is 0.457. The second-order valence-corrected chi connectivity index (χ2v) is 20.4. The van der Waals surface area contributed by atoms with Crippen molar-refractivity contribution in [3.8, 4) is 11.5 Å². The predicted molar refractivity (Wildman–Crippen MR) is 249 cm³/mol. The quantitative estimate of drug-likeness (QED) is 0.0382. The SMILES string of the molecule is [C-]#[N+]CCOP(O[C@H]1[C@@H]2[C@H](n3cnc4c(=O)[nH]c(NC(=O)C(C)C)nc43)O[C@@]1(COC(c1ccccc1)(c1ccc(OC)cc1)c1ccc(OC)cc1)CN2S(C)(=O)=O)N(C(C)C)C(C)C. The lowest BCUT2D eigenvalue weighted by molar-refractivity contribution is -0.168. The highest BCUT2D eigenvalue weighted by Gasteiger charge is 2.69. The maximum Gasteiger partial charge on any atom is 0.280 e. The minimum Gasteiger partial charge on any atom is -0.497 e. The van der Waals surface area contributed by atoms with Gasteiger partial charge >= 0.3 is 0 Å². The maximum atomic E-state index is 14.2. The number of benzene rings is 3. The molecule has 5 aromatic rings. The number of aromatic amines is 1. The molecule has 2 bridgehead atoms. The molecule has 0 aliphatic carbocycles. The van der Waals surface area contributed by atoms with Gasteiger partial charge in [-0.25, -0.2) is 24.6 Å². The largest absolute Gasteiger partial charge is 0.497 e. The van der Waals surface area contributed by atoms with E-state index in [-0.39, 0.29) is 61.4 Å². The van der Waals surface area contributed by atoms with E-state index in [2.05, 4.69) is 29.8 Å². The summed E-state index contributed by atoms with van der Waals surface area (Å²) in [6.07, 6.45) is 0.202. The van der Waals surface area contributed by atoms with Gasteiger partial charge in [-0.1, -0.05) is 68.4 Å². The number of rotatable bonds is 20. The summed E-state index contributed by atoms with van der Waals surface area (Å²) < 4.78 is 72.7. The third kappa shape index (κ3) is 9.47. The first-order valence-corrected chi connectivity index (χ1v) is 24.6. The Hall–Kier alpha value is -5.29. The predicted octanol–water partition coefficient (Wildman–Crippen LogP) is 6.32. The highest BCUT2D eigenvalue weighted by molar-refractivity contribution is 7.88. The Kier molecular flexibility index (Phi) is 14.7. The van der Waals surface area contributed by atoms with Crippen molar-refractivity contribution in [2.45, 2.75) is 83.2 Å². The summed E-state index contributed by atoms with van der Waals surface area (Å²) in [7, 11) is -2.83. The number of carbonyl (C=O) groups is 1. The highest BCUT2D eigenvalue weighted by Crippen LogP contribution is 2.57. The van der Waals surface area contributed by atoms with E-state index in [1.54, 1.807) is 28.1 Å². The number of hydrogen-bond donors (Lipinski definition) is 2. The molecule has 7 rings (SSSR count). The van der Waals surface area contributed by atoms with E-state index in [1.165, 1.54) is 15.2 Å². The van der Waals surface area contributed by atoms with Gasteiger partial charge in [0.15, 0.2) is 17.4 Å². The maximum absolute atomic E-state index is 14.2. The Balaban J connectivity index is 1.45. The number of sulfonamides is 1. The van der Waals surface area contributed by atoms with Crippen LogP contribution in [0.4, 0.5) is 5.95 Å². The van der Waals surface area contributed by atoms with Gasteiger partial charge in [0.2, 0.25) is 28.4 Å². The van der Waals surface area contributed by atoms with E-state index >= 15 is 0 Å². The third-order valence-electron chi connectivity index (χ3n) is 11.7. The number of aromatic nitrogens is 4. The number of methoxy groups -OCH3 is 2. The Morgan fingerprint density at radius 1 is 0.985 bits per heavy atom. The number of hydrogen-bond acceptors (Lipinski definition) is 13. The molecule has 5 atom stereocenters. The summed E-state index contributed by atoms with van der Waals surface area (Å²) in [5.74, 6) is 0.341. The van der Waals surface area contributed by atoms with Crippen LogP contribution in [0.15, 0.2) is 90.0 Å². The van der Waals surface area contributed by atoms with E-state index in [0.29, 0.717) is 11.5 Å². The van der Waals surface area contributed by atoms with Crippen molar-refractivity contribution < 1.29 is 41.2 Å². The molecule has 0 spiro atoms. The van der Waals surface area contributed by atoms with Crippen LogP contribution in [-0.4, -0.2) is 119 Å². The summed E-state index contributed by atoms with van der Waals surface area (Å²) in [6, 6.07) is 23.5. The van der Waals surface area contributed by atoms with Gasteiger partial charge in [-0.2, -0.15) is 9.29 Å². The van der Waals surface area contributed by atoms with E-state index in [0.717, 1.165) is 22.9 Å². The van der Waals surface area contributed by atoms with E-state index in [9.17, 15) is 18.0 Å². The van der Waals surface area contributed by atoms with Gasteiger partial charge in [-0.05, 0) is 68.7 Å². The summed E-state index contributed by atoms with van der Waals surface area (Å²) >= 11 is 0. The Labute approximate surface area is 386 Å². The van der Waals surface area contributed by atoms with Gasteiger partial charge in [0.25, 0.3) is 14.1 Å². The second-order valence-electron chi connectivity index (χ2n) is 17.1. The molecule has 66 heavy (non-hydrogen) atoms. The molecule has 2 fully saturated rings.